The van der Waals surface area contributed by atoms with Gasteiger partial charge in [-0.2, -0.15) is 0 Å². The van der Waals surface area contributed by atoms with Gasteiger partial charge in [0.15, 0.2) is 0 Å². The largest absolute Gasteiger partial charge is 0.387 e. The molecule has 27 heavy (non-hydrogen) atoms. The first-order valence-electron chi connectivity index (χ1n) is 8.42. The second kappa shape index (κ2) is 8.25. The predicted molar refractivity (Wildman–Crippen MR) is 102 cm³/mol. The van der Waals surface area contributed by atoms with Crippen molar-refractivity contribution in [2.75, 3.05) is 6.54 Å². The lowest BCUT2D eigenvalue weighted by Gasteiger charge is -2.13. The number of primary amides is 1. The summed E-state index contributed by atoms with van der Waals surface area (Å²) in [5, 5.41) is 13.0. The number of aromatic nitrogens is 1. The van der Waals surface area contributed by atoms with Gasteiger partial charge >= 0.3 is 0 Å². The van der Waals surface area contributed by atoms with Crippen molar-refractivity contribution in [1.82, 2.24) is 10.3 Å². The molecular weight excluding hydrogens is 342 g/mol. The Bertz CT molecular complexity index is 923. The number of aliphatic hydroxyl groups excluding tert-OH is 1. The Morgan fingerprint density at radius 3 is 2.22 bits per heavy atom. The standard InChI is InChI=1S/C21H19N3O3/c22-20(26)18-11-10-17(12-23-18)21(27)24-13-19(25)16-8-6-15(7-9-16)14-4-2-1-3-5-14/h1-12,19,25H,13H2,(H2,22,26)(H,24,27). The molecule has 1 aromatic heterocycles. The van der Waals surface area contributed by atoms with E-state index < -0.39 is 17.9 Å². The molecule has 0 aliphatic carbocycles. The molecule has 136 valence electrons. The summed E-state index contributed by atoms with van der Waals surface area (Å²) in [4.78, 5) is 26.9. The molecule has 1 unspecified atom stereocenters. The zero-order valence-corrected chi connectivity index (χ0v) is 14.5. The summed E-state index contributed by atoms with van der Waals surface area (Å²) in [6, 6.07) is 20.3. The van der Waals surface area contributed by atoms with Gasteiger partial charge in [-0.3, -0.25) is 14.6 Å². The minimum Gasteiger partial charge on any atom is -0.387 e. The lowest BCUT2D eigenvalue weighted by Crippen LogP contribution is -2.28. The van der Waals surface area contributed by atoms with E-state index in [1.54, 1.807) is 0 Å². The zero-order chi connectivity index (χ0) is 19.2. The van der Waals surface area contributed by atoms with Crippen LogP contribution in [-0.2, 0) is 0 Å². The number of hydrogen-bond acceptors (Lipinski definition) is 4. The Labute approximate surface area is 156 Å². The van der Waals surface area contributed by atoms with Crippen molar-refractivity contribution in [3.63, 3.8) is 0 Å². The lowest BCUT2D eigenvalue weighted by atomic mass is 10.0. The van der Waals surface area contributed by atoms with Crippen LogP contribution in [0, 0.1) is 0 Å². The summed E-state index contributed by atoms with van der Waals surface area (Å²) in [7, 11) is 0. The number of aliphatic hydroxyl groups is 1. The fraction of sp³-hybridized carbons (Fsp3) is 0.0952. The van der Waals surface area contributed by atoms with E-state index in [-0.39, 0.29) is 17.8 Å². The molecule has 3 rings (SSSR count). The SMILES string of the molecule is NC(=O)c1ccc(C(=O)NCC(O)c2ccc(-c3ccccc3)cc2)cn1. The number of nitrogens with two attached hydrogens (primary N) is 1. The number of nitrogens with zero attached hydrogens (tertiary/aromatic N) is 1. The number of carbonyl (C=O) groups is 2. The van der Waals surface area contributed by atoms with Gasteiger partial charge in [-0.15, -0.1) is 0 Å². The molecule has 4 N–H and O–H groups in total. The average molecular weight is 361 g/mol. The Morgan fingerprint density at radius 2 is 1.63 bits per heavy atom. The summed E-state index contributed by atoms with van der Waals surface area (Å²) in [6.45, 7) is 0.0566. The molecule has 0 radical (unpaired) electrons. The minimum absolute atomic E-state index is 0.0566. The molecule has 6 heteroatoms. The van der Waals surface area contributed by atoms with Gasteiger partial charge in [0, 0.05) is 12.7 Å². The number of carbonyl (C=O) groups excluding carboxylic acids is 2. The normalized spacial score (nSPS) is 11.6. The Kier molecular flexibility index (Phi) is 5.58. The van der Waals surface area contributed by atoms with Gasteiger partial charge in [-0.1, -0.05) is 54.6 Å². The van der Waals surface area contributed by atoms with Crippen molar-refractivity contribution in [3.8, 4) is 11.1 Å². The molecule has 6 nitrogen and oxygen atoms in total. The highest BCUT2D eigenvalue weighted by Crippen LogP contribution is 2.21. The molecule has 2 amide bonds. The van der Waals surface area contributed by atoms with E-state index in [1.165, 1.54) is 18.3 Å². The average Bonchev–Trinajstić information content (AvgIpc) is 2.72. The van der Waals surface area contributed by atoms with Crippen molar-refractivity contribution in [1.29, 1.82) is 0 Å². The van der Waals surface area contributed by atoms with Crippen molar-refractivity contribution < 1.29 is 14.7 Å². The van der Waals surface area contributed by atoms with Crippen LogP contribution in [0.2, 0.25) is 0 Å². The summed E-state index contributed by atoms with van der Waals surface area (Å²) in [5.74, 6) is -1.05. The first kappa shape index (κ1) is 18.3. The molecule has 0 aliphatic heterocycles. The third-order valence-electron chi connectivity index (χ3n) is 4.14. The van der Waals surface area contributed by atoms with Gasteiger partial charge in [0.2, 0.25) is 0 Å². The van der Waals surface area contributed by atoms with Gasteiger partial charge < -0.3 is 16.2 Å². The summed E-state index contributed by atoms with van der Waals surface area (Å²) < 4.78 is 0. The van der Waals surface area contributed by atoms with Crippen LogP contribution in [0.4, 0.5) is 0 Å². The number of rotatable bonds is 6. The first-order valence-corrected chi connectivity index (χ1v) is 8.42. The zero-order valence-electron chi connectivity index (χ0n) is 14.5. The number of amides is 2. The molecule has 1 atom stereocenters. The fourth-order valence-electron chi connectivity index (χ4n) is 2.61. The Morgan fingerprint density at radius 1 is 0.963 bits per heavy atom. The second-order valence-corrected chi connectivity index (χ2v) is 6.01. The van der Waals surface area contributed by atoms with Crippen LogP contribution in [-0.4, -0.2) is 28.4 Å². The lowest BCUT2D eigenvalue weighted by molar-refractivity contribution is 0.0914. The van der Waals surface area contributed by atoms with Crippen LogP contribution in [0.15, 0.2) is 72.9 Å². The fourth-order valence-corrected chi connectivity index (χ4v) is 2.61. The van der Waals surface area contributed by atoms with Crippen molar-refractivity contribution in [2.45, 2.75) is 6.10 Å². The second-order valence-electron chi connectivity index (χ2n) is 6.01. The molecular formula is C21H19N3O3. The van der Waals surface area contributed by atoms with Gasteiger partial charge in [-0.25, -0.2) is 0 Å². The third-order valence-corrected chi connectivity index (χ3v) is 4.14. The highest BCUT2D eigenvalue weighted by atomic mass is 16.3. The molecule has 0 bridgehead atoms. The van der Waals surface area contributed by atoms with Crippen LogP contribution >= 0.6 is 0 Å². The van der Waals surface area contributed by atoms with E-state index in [4.69, 9.17) is 5.73 Å². The number of nitrogens with one attached hydrogen (secondary N) is 1. The topological polar surface area (TPSA) is 105 Å². The molecule has 2 aromatic carbocycles. The number of benzene rings is 2. The van der Waals surface area contributed by atoms with Crippen LogP contribution < -0.4 is 11.1 Å². The van der Waals surface area contributed by atoms with Gasteiger partial charge in [0.25, 0.3) is 11.8 Å². The molecule has 0 saturated heterocycles. The highest BCUT2D eigenvalue weighted by Gasteiger charge is 2.12. The summed E-state index contributed by atoms with van der Waals surface area (Å²) >= 11 is 0. The Balaban J connectivity index is 1.59. The van der Waals surface area contributed by atoms with Gasteiger partial charge in [-0.05, 0) is 28.8 Å². The van der Waals surface area contributed by atoms with E-state index >= 15 is 0 Å². The van der Waals surface area contributed by atoms with E-state index in [0.29, 0.717) is 5.56 Å². The van der Waals surface area contributed by atoms with Crippen LogP contribution in [0.5, 0.6) is 0 Å². The van der Waals surface area contributed by atoms with E-state index in [0.717, 1.165) is 11.1 Å². The van der Waals surface area contributed by atoms with Crippen LogP contribution in [0.1, 0.15) is 32.5 Å². The highest BCUT2D eigenvalue weighted by molar-refractivity contribution is 5.95. The van der Waals surface area contributed by atoms with E-state index in [9.17, 15) is 14.7 Å². The molecule has 0 saturated carbocycles. The third kappa shape index (κ3) is 4.56. The maximum atomic E-state index is 12.1. The maximum Gasteiger partial charge on any atom is 0.267 e. The summed E-state index contributed by atoms with van der Waals surface area (Å²) in [5.41, 5.74) is 8.34. The number of pyridine rings is 1. The predicted octanol–water partition coefficient (Wildman–Crippen LogP) is 2.31. The monoisotopic (exact) mass is 361 g/mol. The molecule has 3 aromatic rings. The van der Waals surface area contributed by atoms with E-state index in [1.807, 2.05) is 54.6 Å². The van der Waals surface area contributed by atoms with Crippen molar-refractivity contribution >= 4 is 11.8 Å². The molecule has 1 heterocycles. The Hall–Kier alpha value is -3.51. The molecule has 0 fully saturated rings. The van der Waals surface area contributed by atoms with Crippen LogP contribution in [0.25, 0.3) is 11.1 Å². The smallest absolute Gasteiger partial charge is 0.267 e. The van der Waals surface area contributed by atoms with Crippen molar-refractivity contribution in [3.05, 3.63) is 89.7 Å². The molecule has 0 spiro atoms. The first-order chi connectivity index (χ1) is 13.0. The van der Waals surface area contributed by atoms with Gasteiger partial charge in [0.1, 0.15) is 5.69 Å². The summed E-state index contributed by atoms with van der Waals surface area (Å²) in [6.07, 6.45) is 0.438. The number of hydrogen-bond donors (Lipinski definition) is 3. The molecule has 0 aliphatic rings. The van der Waals surface area contributed by atoms with Crippen LogP contribution in [0.3, 0.4) is 0 Å². The van der Waals surface area contributed by atoms with E-state index in [2.05, 4.69) is 10.3 Å². The van der Waals surface area contributed by atoms with Gasteiger partial charge in [0.05, 0.1) is 11.7 Å². The quantitative estimate of drug-likeness (QED) is 0.626. The van der Waals surface area contributed by atoms with Crippen molar-refractivity contribution in [2.24, 2.45) is 5.73 Å². The maximum absolute atomic E-state index is 12.1. The minimum atomic E-state index is -0.836.